The lowest BCUT2D eigenvalue weighted by molar-refractivity contribution is 0.545. The number of aryl methyl sites for hydroxylation is 1. The van der Waals surface area contributed by atoms with E-state index >= 15 is 0 Å². The van der Waals surface area contributed by atoms with Gasteiger partial charge in [0.1, 0.15) is 11.6 Å². The van der Waals surface area contributed by atoms with Crippen LogP contribution in [0.2, 0.25) is 0 Å². The average Bonchev–Trinajstić information content (AvgIpc) is 2.74. The van der Waals surface area contributed by atoms with Gasteiger partial charge >= 0.3 is 0 Å². The molecule has 74 valence electrons. The third-order valence-corrected chi connectivity index (χ3v) is 2.54. The zero-order valence-electron chi connectivity index (χ0n) is 8.32. The molecule has 1 atom stereocenters. The van der Waals surface area contributed by atoms with E-state index in [2.05, 4.69) is 32.9 Å². The number of rotatable bonds is 3. The zero-order chi connectivity index (χ0) is 9.97. The van der Waals surface area contributed by atoms with Gasteiger partial charge < -0.3 is 4.57 Å². The largest absolute Gasteiger partial charge is 0.314 e. The standard InChI is InChI=1S/C10H14N4/c1-3-6-11-8(2)10-13-12-9-5-4-7-14(9)10/h1,8,11H,4-7H2,2H3. The van der Waals surface area contributed by atoms with E-state index in [0.29, 0.717) is 6.54 Å². The van der Waals surface area contributed by atoms with E-state index in [1.807, 2.05) is 0 Å². The number of nitrogens with one attached hydrogen (secondary N) is 1. The van der Waals surface area contributed by atoms with Gasteiger partial charge in [0, 0.05) is 13.0 Å². The van der Waals surface area contributed by atoms with Gasteiger partial charge in [-0.1, -0.05) is 5.92 Å². The summed E-state index contributed by atoms with van der Waals surface area (Å²) in [6.45, 7) is 3.68. The molecule has 2 rings (SSSR count). The van der Waals surface area contributed by atoms with Gasteiger partial charge in [0.2, 0.25) is 0 Å². The van der Waals surface area contributed by atoms with Crippen molar-refractivity contribution in [3.63, 3.8) is 0 Å². The molecule has 0 bridgehead atoms. The molecule has 14 heavy (non-hydrogen) atoms. The second kappa shape index (κ2) is 3.81. The zero-order valence-corrected chi connectivity index (χ0v) is 8.32. The van der Waals surface area contributed by atoms with E-state index in [0.717, 1.165) is 24.6 Å². The molecule has 0 radical (unpaired) electrons. The van der Waals surface area contributed by atoms with E-state index in [1.54, 1.807) is 0 Å². The predicted molar refractivity (Wildman–Crippen MR) is 53.6 cm³/mol. The Morgan fingerprint density at radius 3 is 3.29 bits per heavy atom. The molecule has 4 nitrogen and oxygen atoms in total. The van der Waals surface area contributed by atoms with Crippen molar-refractivity contribution < 1.29 is 0 Å². The first-order valence-corrected chi connectivity index (χ1v) is 4.91. The van der Waals surface area contributed by atoms with Gasteiger partial charge in [-0.25, -0.2) is 0 Å². The Hall–Kier alpha value is -1.34. The maximum atomic E-state index is 5.19. The van der Waals surface area contributed by atoms with Crippen molar-refractivity contribution in [3.05, 3.63) is 11.6 Å². The van der Waals surface area contributed by atoms with Crippen LogP contribution in [0, 0.1) is 12.3 Å². The van der Waals surface area contributed by atoms with Gasteiger partial charge in [0.15, 0.2) is 0 Å². The highest BCUT2D eigenvalue weighted by Crippen LogP contribution is 2.18. The lowest BCUT2D eigenvalue weighted by Crippen LogP contribution is -2.22. The summed E-state index contributed by atoms with van der Waals surface area (Å²) in [6.07, 6.45) is 7.42. The van der Waals surface area contributed by atoms with Gasteiger partial charge in [0.05, 0.1) is 12.6 Å². The quantitative estimate of drug-likeness (QED) is 0.706. The SMILES string of the molecule is C#CCNC(C)c1nnc2n1CCC2. The van der Waals surface area contributed by atoms with Gasteiger partial charge in [-0.15, -0.1) is 16.6 Å². The van der Waals surface area contributed by atoms with Crippen LogP contribution in [0.15, 0.2) is 0 Å². The molecule has 0 saturated carbocycles. The number of nitrogens with zero attached hydrogens (tertiary/aromatic N) is 3. The smallest absolute Gasteiger partial charge is 0.149 e. The molecule has 1 aliphatic heterocycles. The van der Waals surface area contributed by atoms with Gasteiger partial charge in [-0.05, 0) is 13.3 Å². The van der Waals surface area contributed by atoms with Crippen molar-refractivity contribution in [2.45, 2.75) is 32.4 Å². The van der Waals surface area contributed by atoms with E-state index < -0.39 is 0 Å². The molecule has 1 unspecified atom stereocenters. The van der Waals surface area contributed by atoms with Crippen molar-refractivity contribution in [2.24, 2.45) is 0 Å². The summed E-state index contributed by atoms with van der Waals surface area (Å²) in [5.74, 6) is 4.67. The second-order valence-corrected chi connectivity index (χ2v) is 3.54. The molecule has 1 N–H and O–H groups in total. The Morgan fingerprint density at radius 2 is 2.50 bits per heavy atom. The minimum absolute atomic E-state index is 0.186. The molecule has 0 saturated heterocycles. The van der Waals surface area contributed by atoms with Crippen LogP contribution >= 0.6 is 0 Å². The molecular formula is C10H14N4. The van der Waals surface area contributed by atoms with Crippen LogP contribution in [0.4, 0.5) is 0 Å². The minimum Gasteiger partial charge on any atom is -0.314 e. The summed E-state index contributed by atoms with van der Waals surface area (Å²) in [4.78, 5) is 0. The fourth-order valence-corrected chi connectivity index (χ4v) is 1.80. The summed E-state index contributed by atoms with van der Waals surface area (Å²) in [5.41, 5.74) is 0. The monoisotopic (exact) mass is 190 g/mol. The Bertz CT molecular complexity index is 361. The summed E-state index contributed by atoms with van der Waals surface area (Å²) in [5, 5.41) is 11.5. The maximum Gasteiger partial charge on any atom is 0.149 e. The highest BCUT2D eigenvalue weighted by atomic mass is 15.3. The average molecular weight is 190 g/mol. The molecule has 1 aromatic rings. The van der Waals surface area contributed by atoms with E-state index in [1.165, 1.54) is 6.42 Å². The number of aromatic nitrogens is 3. The van der Waals surface area contributed by atoms with Gasteiger partial charge in [0.25, 0.3) is 0 Å². The van der Waals surface area contributed by atoms with Crippen molar-refractivity contribution in [1.29, 1.82) is 0 Å². The van der Waals surface area contributed by atoms with E-state index in [-0.39, 0.29) is 6.04 Å². The summed E-state index contributed by atoms with van der Waals surface area (Å²) < 4.78 is 2.19. The highest BCUT2D eigenvalue weighted by molar-refractivity contribution is 5.04. The third kappa shape index (κ3) is 1.51. The molecule has 4 heteroatoms. The predicted octanol–water partition coefficient (Wildman–Crippen LogP) is 0.508. The molecule has 0 amide bonds. The van der Waals surface area contributed by atoms with E-state index in [4.69, 9.17) is 6.42 Å². The lowest BCUT2D eigenvalue weighted by Gasteiger charge is -2.11. The van der Waals surface area contributed by atoms with Crippen molar-refractivity contribution >= 4 is 0 Å². The first-order valence-electron chi connectivity index (χ1n) is 4.91. The Labute approximate surface area is 83.7 Å². The molecule has 0 aliphatic carbocycles. The topological polar surface area (TPSA) is 42.7 Å². The molecule has 0 spiro atoms. The number of hydrogen-bond donors (Lipinski definition) is 1. The van der Waals surface area contributed by atoms with E-state index in [9.17, 15) is 0 Å². The molecule has 1 aromatic heterocycles. The summed E-state index contributed by atoms with van der Waals surface area (Å²) in [7, 11) is 0. The van der Waals surface area contributed by atoms with Crippen LogP contribution in [0.25, 0.3) is 0 Å². The molecule has 1 aliphatic rings. The van der Waals surface area contributed by atoms with Gasteiger partial charge in [-0.3, -0.25) is 5.32 Å². The summed E-state index contributed by atoms with van der Waals surface area (Å²) >= 11 is 0. The van der Waals surface area contributed by atoms with Crippen LogP contribution in [-0.2, 0) is 13.0 Å². The Balaban J connectivity index is 2.12. The Morgan fingerprint density at radius 1 is 1.64 bits per heavy atom. The number of hydrogen-bond acceptors (Lipinski definition) is 3. The van der Waals surface area contributed by atoms with Crippen LogP contribution in [-0.4, -0.2) is 21.3 Å². The lowest BCUT2D eigenvalue weighted by atomic mass is 10.3. The van der Waals surface area contributed by atoms with Crippen molar-refractivity contribution in [3.8, 4) is 12.3 Å². The highest BCUT2D eigenvalue weighted by Gasteiger charge is 2.20. The second-order valence-electron chi connectivity index (χ2n) is 3.54. The molecule has 0 fully saturated rings. The Kier molecular flexibility index (Phi) is 2.51. The minimum atomic E-state index is 0.186. The molecular weight excluding hydrogens is 176 g/mol. The van der Waals surface area contributed by atoms with Gasteiger partial charge in [-0.2, -0.15) is 0 Å². The van der Waals surface area contributed by atoms with Crippen LogP contribution in [0.5, 0.6) is 0 Å². The first kappa shape index (κ1) is 9.22. The maximum absolute atomic E-state index is 5.19. The fourth-order valence-electron chi connectivity index (χ4n) is 1.80. The van der Waals surface area contributed by atoms with Crippen LogP contribution in [0.3, 0.4) is 0 Å². The molecule has 2 heterocycles. The van der Waals surface area contributed by atoms with Crippen molar-refractivity contribution in [1.82, 2.24) is 20.1 Å². The number of fused-ring (bicyclic) bond motifs is 1. The number of terminal acetylenes is 1. The fraction of sp³-hybridized carbons (Fsp3) is 0.600. The van der Waals surface area contributed by atoms with Crippen LogP contribution in [0.1, 0.15) is 31.0 Å². The third-order valence-electron chi connectivity index (χ3n) is 2.54. The van der Waals surface area contributed by atoms with Crippen molar-refractivity contribution in [2.75, 3.05) is 6.54 Å². The normalized spacial score (nSPS) is 16.3. The first-order chi connectivity index (χ1) is 6.83. The summed E-state index contributed by atoms with van der Waals surface area (Å²) in [6, 6.07) is 0.186. The molecule has 0 aromatic carbocycles. The van der Waals surface area contributed by atoms with Crippen LogP contribution < -0.4 is 5.32 Å².